The minimum Gasteiger partial charge on any atom is -0.384 e. The van der Waals surface area contributed by atoms with Crippen LogP contribution in [0.25, 0.3) is 0 Å². The van der Waals surface area contributed by atoms with Crippen LogP contribution in [0.5, 0.6) is 0 Å². The first-order valence-electron chi connectivity index (χ1n) is 8.95. The number of nitrogen functional groups attached to an aromatic ring is 1. The van der Waals surface area contributed by atoms with Gasteiger partial charge in [-0.3, -0.25) is 19.1 Å². The van der Waals surface area contributed by atoms with Gasteiger partial charge in [0, 0.05) is 17.3 Å². The maximum absolute atomic E-state index is 12.6. The number of hydrogen-bond acceptors (Lipinski definition) is 9. The molecule has 9 nitrogen and oxygen atoms in total. The number of hydrogen-bond donors (Lipinski definition) is 3. The maximum Gasteiger partial charge on any atom is 0.329 e. The van der Waals surface area contributed by atoms with Gasteiger partial charge in [0.2, 0.25) is 5.13 Å². The number of anilines is 3. The molecule has 2 aromatic heterocycles. The molecule has 0 atom stereocenters. The average Bonchev–Trinajstić information content (AvgIpc) is 3.13. The van der Waals surface area contributed by atoms with Gasteiger partial charge in [-0.1, -0.05) is 47.7 Å². The van der Waals surface area contributed by atoms with Gasteiger partial charge >= 0.3 is 5.69 Å². The van der Waals surface area contributed by atoms with Gasteiger partial charge in [0.15, 0.2) is 10.1 Å². The van der Waals surface area contributed by atoms with E-state index < -0.39 is 17.0 Å². The summed E-state index contributed by atoms with van der Waals surface area (Å²) in [6.45, 7) is 4.08. The van der Waals surface area contributed by atoms with Crippen LogP contribution >= 0.6 is 34.7 Å². The number of carbonyl (C=O) groups is 1. The standard InChI is InChI=1S/C18H19ClN6O3S2/c1-3-6-25-14(20)13(15(27)22-17(25)28)12(26)8-29-18-24-23-16(30-18)21-10-5-4-9(2)11(19)7-10/h4-5,7H,3,6,8,20H2,1-2H3,(H,21,23)(H,22,27,28). The quantitative estimate of drug-likeness (QED) is 0.340. The van der Waals surface area contributed by atoms with Gasteiger partial charge in [-0.2, -0.15) is 0 Å². The first-order chi connectivity index (χ1) is 14.3. The summed E-state index contributed by atoms with van der Waals surface area (Å²) < 4.78 is 1.74. The van der Waals surface area contributed by atoms with E-state index in [0.29, 0.717) is 27.5 Å². The lowest BCUT2D eigenvalue weighted by atomic mass is 10.2. The van der Waals surface area contributed by atoms with Crippen LogP contribution in [0.15, 0.2) is 32.1 Å². The Kier molecular flexibility index (Phi) is 6.95. The summed E-state index contributed by atoms with van der Waals surface area (Å²) in [7, 11) is 0. The SMILES string of the molecule is CCCn1c(N)c(C(=O)CSc2nnc(Nc3ccc(C)c(Cl)c3)s2)c(=O)[nH]c1=O. The number of nitrogens with one attached hydrogen (secondary N) is 2. The van der Waals surface area contributed by atoms with E-state index in [1.54, 1.807) is 6.07 Å². The Bertz CT molecular complexity index is 1200. The summed E-state index contributed by atoms with van der Waals surface area (Å²) in [4.78, 5) is 38.7. The van der Waals surface area contributed by atoms with Gasteiger partial charge in [0.1, 0.15) is 11.4 Å². The molecule has 0 aliphatic heterocycles. The molecule has 0 unspecified atom stereocenters. The summed E-state index contributed by atoms with van der Waals surface area (Å²) in [5, 5.41) is 12.4. The van der Waals surface area contributed by atoms with Crippen molar-refractivity contribution in [2.45, 2.75) is 31.2 Å². The molecule has 3 aromatic rings. The van der Waals surface area contributed by atoms with E-state index in [2.05, 4.69) is 20.5 Å². The van der Waals surface area contributed by atoms with Crippen molar-refractivity contribution in [2.75, 3.05) is 16.8 Å². The zero-order chi connectivity index (χ0) is 21.8. The molecule has 158 valence electrons. The number of aromatic nitrogens is 4. The first-order valence-corrected chi connectivity index (χ1v) is 11.1. The first kappa shape index (κ1) is 22.1. The molecule has 3 rings (SSSR count). The second-order valence-corrected chi connectivity index (χ2v) is 8.95. The smallest absolute Gasteiger partial charge is 0.329 e. The van der Waals surface area contributed by atoms with Crippen molar-refractivity contribution in [3.05, 3.63) is 55.2 Å². The lowest BCUT2D eigenvalue weighted by Crippen LogP contribution is -2.36. The molecule has 1 aromatic carbocycles. The highest BCUT2D eigenvalue weighted by molar-refractivity contribution is 8.01. The fourth-order valence-corrected chi connectivity index (χ4v) is 4.44. The second-order valence-electron chi connectivity index (χ2n) is 6.35. The lowest BCUT2D eigenvalue weighted by Gasteiger charge is -2.10. The van der Waals surface area contributed by atoms with Crippen molar-refractivity contribution in [2.24, 2.45) is 0 Å². The van der Waals surface area contributed by atoms with Crippen LogP contribution in [0.4, 0.5) is 16.6 Å². The zero-order valence-electron chi connectivity index (χ0n) is 16.2. The number of thioether (sulfide) groups is 1. The zero-order valence-corrected chi connectivity index (χ0v) is 18.6. The summed E-state index contributed by atoms with van der Waals surface area (Å²) in [6.07, 6.45) is 0.630. The van der Waals surface area contributed by atoms with E-state index in [9.17, 15) is 14.4 Å². The minimum atomic E-state index is -0.786. The topological polar surface area (TPSA) is 136 Å². The van der Waals surface area contributed by atoms with Crippen LogP contribution in [-0.2, 0) is 6.54 Å². The van der Waals surface area contributed by atoms with Crippen molar-refractivity contribution < 1.29 is 4.79 Å². The van der Waals surface area contributed by atoms with Crippen LogP contribution < -0.4 is 22.3 Å². The predicted molar refractivity (Wildman–Crippen MR) is 120 cm³/mol. The summed E-state index contributed by atoms with van der Waals surface area (Å²) in [5.74, 6) is -0.673. The summed E-state index contributed by atoms with van der Waals surface area (Å²) >= 11 is 8.51. The number of rotatable bonds is 8. The molecule has 0 aliphatic rings. The normalized spacial score (nSPS) is 10.9. The Hall–Kier alpha value is -2.63. The predicted octanol–water partition coefficient (Wildman–Crippen LogP) is 3.06. The number of halogens is 1. The van der Waals surface area contributed by atoms with Gasteiger partial charge < -0.3 is 11.1 Å². The monoisotopic (exact) mass is 466 g/mol. The third kappa shape index (κ3) is 4.91. The molecular weight excluding hydrogens is 448 g/mol. The van der Waals surface area contributed by atoms with E-state index in [1.165, 1.54) is 15.9 Å². The van der Waals surface area contributed by atoms with Crippen LogP contribution in [0.2, 0.25) is 5.02 Å². The van der Waals surface area contributed by atoms with E-state index in [1.807, 2.05) is 26.0 Å². The van der Waals surface area contributed by atoms with Gasteiger partial charge in [0.25, 0.3) is 5.56 Å². The Balaban J connectivity index is 1.70. The molecule has 0 saturated carbocycles. The Labute approximate surface area is 184 Å². The fraction of sp³-hybridized carbons (Fsp3) is 0.278. The van der Waals surface area contributed by atoms with Crippen LogP contribution in [0.3, 0.4) is 0 Å². The maximum atomic E-state index is 12.6. The number of carbonyl (C=O) groups excluding carboxylic acids is 1. The van der Waals surface area contributed by atoms with Crippen molar-refractivity contribution in [3.63, 3.8) is 0 Å². The van der Waals surface area contributed by atoms with Gasteiger partial charge in [0.05, 0.1) is 5.75 Å². The van der Waals surface area contributed by atoms with Crippen molar-refractivity contribution in [1.82, 2.24) is 19.7 Å². The highest BCUT2D eigenvalue weighted by Crippen LogP contribution is 2.29. The van der Waals surface area contributed by atoms with Crippen LogP contribution in [-0.4, -0.2) is 31.3 Å². The van der Waals surface area contributed by atoms with Gasteiger partial charge in [-0.15, -0.1) is 10.2 Å². The average molecular weight is 467 g/mol. The molecule has 0 saturated heterocycles. The molecule has 0 fully saturated rings. The molecule has 4 N–H and O–H groups in total. The van der Waals surface area contributed by atoms with Crippen LogP contribution in [0, 0.1) is 6.92 Å². The number of nitrogens with zero attached hydrogens (tertiary/aromatic N) is 3. The van der Waals surface area contributed by atoms with E-state index in [-0.39, 0.29) is 17.1 Å². The number of benzene rings is 1. The molecule has 30 heavy (non-hydrogen) atoms. The van der Waals surface area contributed by atoms with Crippen LogP contribution in [0.1, 0.15) is 29.3 Å². The van der Waals surface area contributed by atoms with Crippen molar-refractivity contribution in [1.29, 1.82) is 0 Å². The molecule has 12 heteroatoms. The summed E-state index contributed by atoms with van der Waals surface area (Å²) in [5.41, 5.74) is 6.03. The third-order valence-corrected chi connectivity index (χ3v) is 6.50. The number of H-pyrrole nitrogens is 1. The fourth-order valence-electron chi connectivity index (χ4n) is 2.62. The van der Waals surface area contributed by atoms with Crippen molar-refractivity contribution in [3.8, 4) is 0 Å². The Morgan fingerprint density at radius 3 is 2.83 bits per heavy atom. The minimum absolute atomic E-state index is 0.0669. The van der Waals surface area contributed by atoms with E-state index in [0.717, 1.165) is 23.0 Å². The molecular formula is C18H19ClN6O3S2. The van der Waals surface area contributed by atoms with Crippen molar-refractivity contribution >= 4 is 57.1 Å². The molecule has 0 bridgehead atoms. The molecule has 2 heterocycles. The second kappa shape index (κ2) is 9.45. The Morgan fingerprint density at radius 1 is 1.37 bits per heavy atom. The largest absolute Gasteiger partial charge is 0.384 e. The number of nitrogens with two attached hydrogens (primary N) is 1. The highest BCUT2D eigenvalue weighted by Gasteiger charge is 2.20. The highest BCUT2D eigenvalue weighted by atomic mass is 35.5. The van der Waals surface area contributed by atoms with Gasteiger partial charge in [-0.25, -0.2) is 4.79 Å². The third-order valence-electron chi connectivity index (χ3n) is 4.12. The Morgan fingerprint density at radius 2 is 2.13 bits per heavy atom. The number of Topliss-reactive ketones (excluding diaryl/α,β-unsaturated/α-hetero) is 1. The molecule has 0 aliphatic carbocycles. The number of aromatic amines is 1. The van der Waals surface area contributed by atoms with E-state index in [4.69, 9.17) is 17.3 Å². The van der Waals surface area contributed by atoms with Gasteiger partial charge in [-0.05, 0) is 31.0 Å². The van der Waals surface area contributed by atoms with E-state index >= 15 is 0 Å². The number of ketones is 1. The molecule has 0 radical (unpaired) electrons. The summed E-state index contributed by atoms with van der Waals surface area (Å²) in [6, 6.07) is 5.55. The lowest BCUT2D eigenvalue weighted by molar-refractivity contribution is 0.102. The number of aryl methyl sites for hydroxylation is 1. The molecule has 0 spiro atoms. The molecule has 0 amide bonds.